The Morgan fingerprint density at radius 1 is 1.23 bits per heavy atom. The number of carbonyl (C=O) groups is 1. The van der Waals surface area contributed by atoms with Crippen LogP contribution in [0.5, 0.6) is 0 Å². The van der Waals surface area contributed by atoms with Gasteiger partial charge < -0.3 is 9.88 Å². The summed E-state index contributed by atoms with van der Waals surface area (Å²) in [6.07, 6.45) is 4.65. The van der Waals surface area contributed by atoms with E-state index in [1.54, 1.807) is 12.3 Å². The largest absolute Gasteiger partial charge is 0.352 e. The van der Waals surface area contributed by atoms with Crippen molar-refractivity contribution in [1.82, 2.24) is 14.9 Å². The zero-order valence-electron chi connectivity index (χ0n) is 12.8. The van der Waals surface area contributed by atoms with Gasteiger partial charge in [0.15, 0.2) is 0 Å². The molecule has 0 radical (unpaired) electrons. The molecule has 112 valence electrons. The summed E-state index contributed by atoms with van der Waals surface area (Å²) in [6, 6.07) is 11.9. The summed E-state index contributed by atoms with van der Waals surface area (Å²) in [6.45, 7) is 2.72. The monoisotopic (exact) mass is 293 g/mol. The van der Waals surface area contributed by atoms with Crippen LogP contribution in [0.3, 0.4) is 0 Å². The number of nitrogens with zero attached hydrogens (tertiary/aromatic N) is 2. The number of fused-ring (bicyclic) bond motifs is 1. The summed E-state index contributed by atoms with van der Waals surface area (Å²) in [5, 5.41) is 4.06. The van der Waals surface area contributed by atoms with Crippen molar-refractivity contribution in [3.63, 3.8) is 0 Å². The molecule has 0 fully saturated rings. The Labute approximate surface area is 129 Å². The molecule has 0 unspecified atom stereocenters. The van der Waals surface area contributed by atoms with Crippen molar-refractivity contribution in [3.05, 3.63) is 54.4 Å². The predicted molar refractivity (Wildman–Crippen MR) is 88.8 cm³/mol. The van der Waals surface area contributed by atoms with Crippen LogP contribution in [-0.4, -0.2) is 22.0 Å². The van der Waals surface area contributed by atoms with Crippen LogP contribution < -0.4 is 5.32 Å². The molecule has 0 aliphatic rings. The van der Waals surface area contributed by atoms with Gasteiger partial charge in [0.1, 0.15) is 0 Å². The fourth-order valence-corrected chi connectivity index (χ4v) is 2.51. The number of hydrogen-bond acceptors (Lipinski definition) is 2. The highest BCUT2D eigenvalue weighted by molar-refractivity contribution is 5.95. The van der Waals surface area contributed by atoms with Crippen LogP contribution in [0, 0.1) is 0 Å². The van der Waals surface area contributed by atoms with Gasteiger partial charge in [-0.05, 0) is 36.8 Å². The van der Waals surface area contributed by atoms with Crippen LogP contribution in [0.2, 0.25) is 0 Å². The Morgan fingerprint density at radius 3 is 2.91 bits per heavy atom. The highest BCUT2D eigenvalue weighted by Crippen LogP contribution is 2.24. The molecule has 0 saturated carbocycles. The van der Waals surface area contributed by atoms with E-state index in [1.807, 2.05) is 32.3 Å². The fraction of sp³-hybridized carbons (Fsp3) is 0.222. The minimum absolute atomic E-state index is 0.0497. The second-order valence-electron chi connectivity index (χ2n) is 5.39. The molecule has 0 aliphatic carbocycles. The number of amides is 1. The Hall–Kier alpha value is -2.62. The van der Waals surface area contributed by atoms with E-state index >= 15 is 0 Å². The molecule has 4 heteroatoms. The average molecular weight is 293 g/mol. The smallest absolute Gasteiger partial charge is 0.251 e. The summed E-state index contributed by atoms with van der Waals surface area (Å²) in [5.41, 5.74) is 3.66. The maximum absolute atomic E-state index is 12.1. The minimum atomic E-state index is -0.0497. The lowest BCUT2D eigenvalue weighted by Crippen LogP contribution is -2.23. The SMILES string of the molecule is CCCNC(=O)c1ccnc(-c2ccc3c(ccn3C)c2)c1. The summed E-state index contributed by atoms with van der Waals surface area (Å²) >= 11 is 0. The van der Waals surface area contributed by atoms with Crippen LogP contribution in [0.4, 0.5) is 0 Å². The van der Waals surface area contributed by atoms with Gasteiger partial charge in [-0.1, -0.05) is 13.0 Å². The first-order chi connectivity index (χ1) is 10.7. The second kappa shape index (κ2) is 6.02. The Balaban J connectivity index is 1.94. The molecule has 22 heavy (non-hydrogen) atoms. The topological polar surface area (TPSA) is 46.9 Å². The van der Waals surface area contributed by atoms with Gasteiger partial charge in [-0.15, -0.1) is 0 Å². The molecule has 0 aliphatic heterocycles. The summed E-state index contributed by atoms with van der Waals surface area (Å²) in [4.78, 5) is 16.5. The first-order valence-electron chi connectivity index (χ1n) is 7.49. The molecule has 0 bridgehead atoms. The van der Waals surface area contributed by atoms with E-state index in [9.17, 15) is 4.79 Å². The van der Waals surface area contributed by atoms with Crippen molar-refractivity contribution in [2.24, 2.45) is 7.05 Å². The van der Waals surface area contributed by atoms with Crippen molar-refractivity contribution in [1.29, 1.82) is 0 Å². The molecule has 2 aromatic heterocycles. The van der Waals surface area contributed by atoms with Crippen molar-refractivity contribution in [2.45, 2.75) is 13.3 Å². The molecule has 4 nitrogen and oxygen atoms in total. The summed E-state index contributed by atoms with van der Waals surface area (Å²) in [7, 11) is 2.03. The van der Waals surface area contributed by atoms with Crippen LogP contribution in [0.1, 0.15) is 23.7 Å². The van der Waals surface area contributed by atoms with Gasteiger partial charge in [-0.25, -0.2) is 0 Å². The lowest BCUT2D eigenvalue weighted by molar-refractivity contribution is 0.0953. The van der Waals surface area contributed by atoms with E-state index in [4.69, 9.17) is 0 Å². The molecule has 1 amide bonds. The molecular weight excluding hydrogens is 274 g/mol. The third-order valence-corrected chi connectivity index (χ3v) is 3.74. The number of pyridine rings is 1. The van der Waals surface area contributed by atoms with Gasteiger partial charge in [-0.2, -0.15) is 0 Å². The van der Waals surface area contributed by atoms with Gasteiger partial charge in [0.2, 0.25) is 0 Å². The van der Waals surface area contributed by atoms with E-state index in [0.717, 1.165) is 17.7 Å². The molecule has 1 aromatic carbocycles. The molecule has 1 N–H and O–H groups in total. The van der Waals surface area contributed by atoms with Crippen LogP contribution in [0.25, 0.3) is 22.2 Å². The van der Waals surface area contributed by atoms with Crippen LogP contribution >= 0.6 is 0 Å². The number of carbonyl (C=O) groups excluding carboxylic acids is 1. The van der Waals surface area contributed by atoms with Crippen molar-refractivity contribution < 1.29 is 4.79 Å². The van der Waals surface area contributed by atoms with Gasteiger partial charge in [0, 0.05) is 48.0 Å². The molecule has 0 atom stereocenters. The molecule has 3 aromatic rings. The molecular formula is C18H19N3O. The van der Waals surface area contributed by atoms with Crippen molar-refractivity contribution in [3.8, 4) is 11.3 Å². The Kier molecular flexibility index (Phi) is 3.92. The third kappa shape index (κ3) is 2.72. The van der Waals surface area contributed by atoms with E-state index < -0.39 is 0 Å². The number of aromatic nitrogens is 2. The third-order valence-electron chi connectivity index (χ3n) is 3.74. The maximum Gasteiger partial charge on any atom is 0.251 e. The number of nitrogens with one attached hydrogen (secondary N) is 1. The first kappa shape index (κ1) is 14.3. The second-order valence-corrected chi connectivity index (χ2v) is 5.39. The summed E-state index contributed by atoms with van der Waals surface area (Å²) in [5.74, 6) is -0.0497. The zero-order chi connectivity index (χ0) is 15.5. The normalized spacial score (nSPS) is 10.8. The van der Waals surface area contributed by atoms with E-state index in [2.05, 4.69) is 33.1 Å². The molecule has 2 heterocycles. The standard InChI is InChI=1S/C18H19N3O/c1-3-8-20-18(22)15-6-9-19-16(12-15)13-4-5-17-14(11-13)7-10-21(17)2/h4-7,9-12H,3,8H2,1-2H3,(H,20,22). The average Bonchev–Trinajstić information content (AvgIpc) is 2.93. The fourth-order valence-electron chi connectivity index (χ4n) is 2.51. The van der Waals surface area contributed by atoms with Gasteiger partial charge in [-0.3, -0.25) is 9.78 Å². The molecule has 0 saturated heterocycles. The van der Waals surface area contributed by atoms with Crippen molar-refractivity contribution >= 4 is 16.8 Å². The van der Waals surface area contributed by atoms with Crippen molar-refractivity contribution in [2.75, 3.05) is 6.54 Å². The quantitative estimate of drug-likeness (QED) is 0.801. The minimum Gasteiger partial charge on any atom is -0.352 e. The zero-order valence-corrected chi connectivity index (χ0v) is 12.8. The van der Waals surface area contributed by atoms with Gasteiger partial charge >= 0.3 is 0 Å². The highest BCUT2D eigenvalue weighted by Gasteiger charge is 2.08. The van der Waals surface area contributed by atoms with Crippen LogP contribution in [0.15, 0.2) is 48.8 Å². The number of benzene rings is 1. The van der Waals surface area contributed by atoms with E-state index in [1.165, 1.54) is 10.9 Å². The first-order valence-corrected chi connectivity index (χ1v) is 7.49. The van der Waals surface area contributed by atoms with E-state index in [-0.39, 0.29) is 5.91 Å². The van der Waals surface area contributed by atoms with E-state index in [0.29, 0.717) is 12.1 Å². The molecule has 3 rings (SSSR count). The van der Waals surface area contributed by atoms with Crippen LogP contribution in [-0.2, 0) is 7.05 Å². The highest BCUT2D eigenvalue weighted by atomic mass is 16.1. The molecule has 0 spiro atoms. The Morgan fingerprint density at radius 2 is 2.09 bits per heavy atom. The predicted octanol–water partition coefficient (Wildman–Crippen LogP) is 3.38. The van der Waals surface area contributed by atoms with Gasteiger partial charge in [0.25, 0.3) is 5.91 Å². The summed E-state index contributed by atoms with van der Waals surface area (Å²) < 4.78 is 2.08. The lowest BCUT2D eigenvalue weighted by atomic mass is 10.1. The number of rotatable bonds is 4. The van der Waals surface area contributed by atoms with Gasteiger partial charge in [0.05, 0.1) is 5.69 Å². The number of hydrogen-bond donors (Lipinski definition) is 1. The maximum atomic E-state index is 12.1. The Bertz CT molecular complexity index is 820. The lowest BCUT2D eigenvalue weighted by Gasteiger charge is -2.06. The number of aryl methyl sites for hydroxylation is 1.